The molecule has 1 fully saturated rings. The van der Waals surface area contributed by atoms with Crippen molar-refractivity contribution in [1.82, 2.24) is 14.9 Å². The molecule has 1 aliphatic rings. The van der Waals surface area contributed by atoms with Crippen LogP contribution in [0.1, 0.15) is 45.4 Å². The number of carbonyl (C=O) groups excluding carboxylic acids is 1. The number of fused-ring (bicyclic) bond motifs is 1. The standard InChI is InChI=1S/C22H29F4N3O3/c1-12(27-13(2)30)10-31-15-6-4-14(5-7-15)8-19-28-21-16(23)9-17(32-11-18(24)25)20(26)22(21)29(19)3/h9,12,14-15,18H,4-8,10-11H2,1-3H3,(H,27,30)/t12-,14?,15?/m0/s1. The van der Waals surface area contributed by atoms with Crippen molar-refractivity contribution in [1.29, 1.82) is 0 Å². The summed E-state index contributed by atoms with van der Waals surface area (Å²) in [4.78, 5) is 15.4. The monoisotopic (exact) mass is 459 g/mol. The number of hydrogen-bond acceptors (Lipinski definition) is 4. The van der Waals surface area contributed by atoms with Crippen LogP contribution in [0.25, 0.3) is 11.0 Å². The third-order valence-corrected chi connectivity index (χ3v) is 5.76. The number of benzene rings is 1. The van der Waals surface area contributed by atoms with Gasteiger partial charge in [-0.2, -0.15) is 0 Å². The van der Waals surface area contributed by atoms with E-state index in [-0.39, 0.29) is 29.1 Å². The van der Waals surface area contributed by atoms with E-state index in [1.54, 1.807) is 7.05 Å². The summed E-state index contributed by atoms with van der Waals surface area (Å²) < 4.78 is 66.1. The first-order valence-corrected chi connectivity index (χ1v) is 10.8. The lowest BCUT2D eigenvalue weighted by Gasteiger charge is -2.29. The van der Waals surface area contributed by atoms with Crippen LogP contribution < -0.4 is 10.1 Å². The van der Waals surface area contributed by atoms with Gasteiger partial charge in [-0.3, -0.25) is 4.79 Å². The van der Waals surface area contributed by atoms with Gasteiger partial charge in [0, 0.05) is 32.5 Å². The van der Waals surface area contributed by atoms with Crippen molar-refractivity contribution >= 4 is 16.9 Å². The van der Waals surface area contributed by atoms with E-state index in [0.717, 1.165) is 31.7 Å². The Kier molecular flexibility index (Phi) is 7.97. The van der Waals surface area contributed by atoms with E-state index >= 15 is 0 Å². The maximum Gasteiger partial charge on any atom is 0.272 e. The average molecular weight is 459 g/mol. The van der Waals surface area contributed by atoms with Crippen molar-refractivity contribution in [2.24, 2.45) is 13.0 Å². The second-order valence-electron chi connectivity index (χ2n) is 8.44. The number of rotatable bonds is 9. The lowest BCUT2D eigenvalue weighted by molar-refractivity contribution is -0.120. The van der Waals surface area contributed by atoms with Gasteiger partial charge >= 0.3 is 0 Å². The van der Waals surface area contributed by atoms with Crippen molar-refractivity contribution < 1.29 is 31.8 Å². The molecule has 0 unspecified atom stereocenters. The van der Waals surface area contributed by atoms with Crippen LogP contribution in [0.4, 0.5) is 17.6 Å². The van der Waals surface area contributed by atoms with Crippen molar-refractivity contribution in [3.63, 3.8) is 0 Å². The van der Waals surface area contributed by atoms with Crippen LogP contribution in [0.5, 0.6) is 5.75 Å². The minimum atomic E-state index is -2.79. The highest BCUT2D eigenvalue weighted by Crippen LogP contribution is 2.33. The molecule has 1 heterocycles. The topological polar surface area (TPSA) is 65.4 Å². The average Bonchev–Trinajstić information content (AvgIpc) is 3.05. The van der Waals surface area contributed by atoms with Gasteiger partial charge in [0.1, 0.15) is 23.5 Å². The number of hydrogen-bond donors (Lipinski definition) is 1. The van der Waals surface area contributed by atoms with Gasteiger partial charge < -0.3 is 19.4 Å². The van der Waals surface area contributed by atoms with Crippen LogP contribution in [0, 0.1) is 17.6 Å². The van der Waals surface area contributed by atoms with E-state index < -0.39 is 30.4 Å². The van der Waals surface area contributed by atoms with Gasteiger partial charge in [-0.05, 0) is 38.5 Å². The highest BCUT2D eigenvalue weighted by Gasteiger charge is 2.26. The SMILES string of the molecule is CC(=O)N[C@@H](C)COC1CCC(Cc2nc3c(F)cc(OCC(F)F)c(F)c3n2C)CC1. The summed E-state index contributed by atoms with van der Waals surface area (Å²) in [5.41, 5.74) is -0.221. The second kappa shape index (κ2) is 10.5. The Bertz CT molecular complexity index is 942. The second-order valence-corrected chi connectivity index (χ2v) is 8.44. The van der Waals surface area contributed by atoms with Crippen LogP contribution in [0.2, 0.25) is 0 Å². The number of nitrogens with one attached hydrogen (secondary N) is 1. The summed E-state index contributed by atoms with van der Waals surface area (Å²) in [6.45, 7) is 2.80. The summed E-state index contributed by atoms with van der Waals surface area (Å²) in [6, 6.07) is 0.714. The number of carbonyl (C=O) groups is 1. The number of aromatic nitrogens is 2. The Morgan fingerprint density at radius 3 is 2.56 bits per heavy atom. The molecule has 1 saturated carbocycles. The molecule has 10 heteroatoms. The normalized spacial score (nSPS) is 20.0. The fraction of sp³-hybridized carbons (Fsp3) is 0.636. The molecule has 6 nitrogen and oxygen atoms in total. The number of aryl methyl sites for hydroxylation is 1. The van der Waals surface area contributed by atoms with E-state index in [1.807, 2.05) is 6.92 Å². The molecule has 0 bridgehead atoms. The van der Waals surface area contributed by atoms with Crippen molar-refractivity contribution in [3.8, 4) is 5.75 Å². The first-order chi connectivity index (χ1) is 15.2. The number of nitrogens with zero attached hydrogens (tertiary/aromatic N) is 2. The predicted octanol–water partition coefficient (Wildman–Crippen LogP) is 4.14. The zero-order chi connectivity index (χ0) is 23.4. The minimum Gasteiger partial charge on any atom is -0.484 e. The first-order valence-electron chi connectivity index (χ1n) is 10.8. The number of ether oxygens (including phenoxy) is 2. The van der Waals surface area contributed by atoms with E-state index in [4.69, 9.17) is 9.47 Å². The van der Waals surface area contributed by atoms with Gasteiger partial charge in [0.15, 0.2) is 17.4 Å². The molecule has 1 N–H and O–H groups in total. The largest absolute Gasteiger partial charge is 0.484 e. The molecule has 0 saturated heterocycles. The Morgan fingerprint density at radius 1 is 1.25 bits per heavy atom. The minimum absolute atomic E-state index is 0.0513. The Hall–Kier alpha value is -2.36. The number of halogens is 4. The lowest BCUT2D eigenvalue weighted by atomic mass is 9.85. The Balaban J connectivity index is 1.62. The summed E-state index contributed by atoms with van der Waals surface area (Å²) in [7, 11) is 1.59. The number of alkyl halides is 2. The van der Waals surface area contributed by atoms with Crippen LogP contribution in [-0.4, -0.2) is 47.2 Å². The van der Waals surface area contributed by atoms with Crippen LogP contribution >= 0.6 is 0 Å². The van der Waals surface area contributed by atoms with Gasteiger partial charge in [0.05, 0.1) is 12.7 Å². The zero-order valence-electron chi connectivity index (χ0n) is 18.5. The van der Waals surface area contributed by atoms with Crippen molar-refractivity contribution in [2.45, 2.75) is 64.5 Å². The third kappa shape index (κ3) is 5.90. The fourth-order valence-electron chi connectivity index (χ4n) is 4.20. The molecular weight excluding hydrogens is 430 g/mol. The molecule has 2 aromatic rings. The molecule has 1 aromatic carbocycles. The smallest absolute Gasteiger partial charge is 0.272 e. The molecule has 3 rings (SSSR count). The molecule has 178 valence electrons. The molecule has 0 aliphatic heterocycles. The van der Waals surface area contributed by atoms with E-state index in [2.05, 4.69) is 10.3 Å². The quantitative estimate of drug-likeness (QED) is 0.573. The van der Waals surface area contributed by atoms with Gasteiger partial charge in [0.25, 0.3) is 6.43 Å². The third-order valence-electron chi connectivity index (χ3n) is 5.76. The van der Waals surface area contributed by atoms with Crippen LogP contribution in [-0.2, 0) is 23.0 Å². The van der Waals surface area contributed by atoms with E-state index in [0.29, 0.717) is 24.8 Å². The lowest BCUT2D eigenvalue weighted by Crippen LogP contribution is -2.36. The summed E-state index contributed by atoms with van der Waals surface area (Å²) in [5, 5.41) is 2.79. The highest BCUT2D eigenvalue weighted by molar-refractivity contribution is 5.79. The molecule has 1 amide bonds. The van der Waals surface area contributed by atoms with Crippen LogP contribution in [0.3, 0.4) is 0 Å². The van der Waals surface area contributed by atoms with Crippen molar-refractivity contribution in [3.05, 3.63) is 23.5 Å². The molecule has 1 aliphatic carbocycles. The van der Waals surface area contributed by atoms with Crippen molar-refractivity contribution in [2.75, 3.05) is 13.2 Å². The molecule has 32 heavy (non-hydrogen) atoms. The maximum absolute atomic E-state index is 14.8. The summed E-state index contributed by atoms with van der Waals surface area (Å²) in [5.74, 6) is -1.51. The summed E-state index contributed by atoms with van der Waals surface area (Å²) in [6.07, 6.45) is 1.36. The highest BCUT2D eigenvalue weighted by atomic mass is 19.3. The zero-order valence-corrected chi connectivity index (χ0v) is 18.5. The van der Waals surface area contributed by atoms with Gasteiger partial charge in [-0.1, -0.05) is 0 Å². The summed E-state index contributed by atoms with van der Waals surface area (Å²) >= 11 is 0. The molecule has 1 atom stereocenters. The number of imidazole rings is 1. The van der Waals surface area contributed by atoms with E-state index in [1.165, 1.54) is 11.5 Å². The van der Waals surface area contributed by atoms with Crippen LogP contribution in [0.15, 0.2) is 6.07 Å². The fourth-order valence-corrected chi connectivity index (χ4v) is 4.20. The number of amides is 1. The Morgan fingerprint density at radius 2 is 1.94 bits per heavy atom. The molecular formula is C22H29F4N3O3. The molecule has 0 spiro atoms. The first kappa shape index (κ1) is 24.3. The van der Waals surface area contributed by atoms with E-state index in [9.17, 15) is 22.4 Å². The Labute approximate surface area is 184 Å². The molecule has 0 radical (unpaired) electrons. The maximum atomic E-state index is 14.8. The predicted molar refractivity (Wildman–Crippen MR) is 111 cm³/mol. The molecule has 1 aromatic heterocycles. The van der Waals surface area contributed by atoms with Gasteiger partial charge in [-0.25, -0.2) is 22.5 Å². The van der Waals surface area contributed by atoms with Gasteiger partial charge in [-0.15, -0.1) is 0 Å². The van der Waals surface area contributed by atoms with Gasteiger partial charge in [0.2, 0.25) is 5.91 Å².